The molecular weight excluding hydrogens is 572 g/mol. The van der Waals surface area contributed by atoms with E-state index in [1.54, 1.807) is 31.2 Å². The molecule has 45 heavy (non-hydrogen) atoms. The number of carbonyl (C=O) groups excluding carboxylic acids is 2. The normalized spacial score (nSPS) is 27.9. The lowest BCUT2D eigenvalue weighted by Gasteiger charge is -2.60. The van der Waals surface area contributed by atoms with E-state index in [9.17, 15) is 19.8 Å². The van der Waals surface area contributed by atoms with Gasteiger partial charge < -0.3 is 30.9 Å². The topological polar surface area (TPSA) is 138 Å². The minimum Gasteiger partial charge on any atom is -0.496 e. The Morgan fingerprint density at radius 1 is 1.24 bits per heavy atom. The zero-order chi connectivity index (χ0) is 32.8. The number of aliphatic hydroxyl groups excluding tert-OH is 2. The molecule has 0 aromatic heterocycles. The number of rotatable bonds is 11. The number of ether oxygens (including phenoxy) is 1. The standard InChI is InChI=1S/C35H48N4O6/c1-19-27-14-24(35(27,3)4)15-28(19)37-31(42)16-29-32(20(2)41)30(18-40)45-39(29)17-21-9-8-10-26(33(21)44-7)22-11-23(34(36)43)13-25(12-22)38(5)6/h8-13,20,24,27-30,32,40-41H,1,14-18H2,2-7H3,(H2,36,43)(H,37,42)/t20-,24?,27-,28-,29+,30-,32+/m0/s1. The van der Waals surface area contributed by atoms with Crippen LogP contribution in [0, 0.1) is 23.2 Å². The van der Waals surface area contributed by atoms with Crippen LogP contribution in [0.15, 0.2) is 48.6 Å². The summed E-state index contributed by atoms with van der Waals surface area (Å²) in [5.41, 5.74) is 10.5. The van der Waals surface area contributed by atoms with Crippen LogP contribution >= 0.6 is 0 Å². The lowest BCUT2D eigenvalue weighted by Crippen LogP contribution is -2.57. The molecule has 1 unspecified atom stereocenters. The van der Waals surface area contributed by atoms with Crippen molar-refractivity contribution in [1.82, 2.24) is 10.4 Å². The number of aliphatic hydroxyl groups is 2. The second kappa shape index (κ2) is 12.7. The quantitative estimate of drug-likeness (QED) is 0.280. The van der Waals surface area contributed by atoms with Crippen molar-refractivity contribution in [2.45, 2.75) is 70.9 Å². The molecule has 10 heteroatoms. The molecule has 3 aliphatic carbocycles. The molecule has 0 radical (unpaired) electrons. The number of hydrogen-bond acceptors (Lipinski definition) is 8. The highest BCUT2D eigenvalue weighted by Gasteiger charge is 2.55. The average molecular weight is 621 g/mol. The summed E-state index contributed by atoms with van der Waals surface area (Å²) in [6.07, 6.45) is 0.606. The van der Waals surface area contributed by atoms with Gasteiger partial charge in [0.05, 0.1) is 38.4 Å². The van der Waals surface area contributed by atoms with Crippen molar-refractivity contribution in [3.8, 4) is 16.9 Å². The number of fused-ring (bicyclic) bond motifs is 2. The number of benzene rings is 2. The second-order valence-corrected chi connectivity index (χ2v) is 13.8. The largest absolute Gasteiger partial charge is 0.496 e. The lowest BCUT2D eigenvalue weighted by molar-refractivity contribution is -0.180. The molecule has 6 rings (SSSR count). The maximum Gasteiger partial charge on any atom is 0.248 e. The van der Waals surface area contributed by atoms with E-state index in [-0.39, 0.29) is 36.9 Å². The van der Waals surface area contributed by atoms with Gasteiger partial charge in [0.25, 0.3) is 0 Å². The summed E-state index contributed by atoms with van der Waals surface area (Å²) in [4.78, 5) is 33.8. The molecule has 4 aliphatic rings. The molecule has 1 heterocycles. The Morgan fingerprint density at radius 3 is 2.56 bits per heavy atom. The minimum absolute atomic E-state index is 0.0660. The van der Waals surface area contributed by atoms with Crippen LogP contribution in [0.1, 0.15) is 56.0 Å². The van der Waals surface area contributed by atoms with Gasteiger partial charge in [-0.15, -0.1) is 0 Å². The number of nitrogens with one attached hydrogen (secondary N) is 1. The van der Waals surface area contributed by atoms with Crippen LogP contribution in [0.25, 0.3) is 11.1 Å². The molecule has 244 valence electrons. The van der Waals surface area contributed by atoms with E-state index >= 15 is 0 Å². The number of nitrogens with two attached hydrogens (primary N) is 1. The Labute approximate surface area is 266 Å². The van der Waals surface area contributed by atoms with Crippen LogP contribution in [-0.4, -0.2) is 79.2 Å². The first kappa shape index (κ1) is 32.9. The van der Waals surface area contributed by atoms with Crippen molar-refractivity contribution in [2.75, 3.05) is 32.7 Å². The summed E-state index contributed by atoms with van der Waals surface area (Å²) in [6.45, 7) is 10.5. The first-order valence-electron chi connectivity index (χ1n) is 15.8. The monoisotopic (exact) mass is 620 g/mol. The molecule has 7 atom stereocenters. The van der Waals surface area contributed by atoms with E-state index < -0.39 is 30.1 Å². The van der Waals surface area contributed by atoms with Gasteiger partial charge in [-0.2, -0.15) is 5.06 Å². The molecule has 1 saturated heterocycles. The predicted octanol–water partition coefficient (Wildman–Crippen LogP) is 3.50. The van der Waals surface area contributed by atoms with Crippen LogP contribution in [-0.2, 0) is 16.2 Å². The van der Waals surface area contributed by atoms with Crippen LogP contribution in [0.3, 0.4) is 0 Å². The van der Waals surface area contributed by atoms with Crippen molar-refractivity contribution in [3.63, 3.8) is 0 Å². The number of hydrogen-bond donors (Lipinski definition) is 4. The zero-order valence-corrected chi connectivity index (χ0v) is 27.2. The van der Waals surface area contributed by atoms with Gasteiger partial charge in [0.2, 0.25) is 11.8 Å². The highest BCUT2D eigenvalue weighted by molar-refractivity contribution is 5.96. The van der Waals surface area contributed by atoms with E-state index in [4.69, 9.17) is 15.3 Å². The fourth-order valence-corrected chi connectivity index (χ4v) is 7.77. The third-order valence-electron chi connectivity index (χ3n) is 10.5. The number of anilines is 1. The third kappa shape index (κ3) is 6.21. The van der Waals surface area contributed by atoms with Crippen LogP contribution in [0.2, 0.25) is 0 Å². The van der Waals surface area contributed by atoms with Crippen LogP contribution in [0.4, 0.5) is 5.69 Å². The number of primary amides is 1. The zero-order valence-electron chi connectivity index (χ0n) is 27.2. The van der Waals surface area contributed by atoms with Gasteiger partial charge >= 0.3 is 0 Å². The summed E-state index contributed by atoms with van der Waals surface area (Å²) in [5, 5.41) is 25.9. The maximum atomic E-state index is 13.5. The highest BCUT2D eigenvalue weighted by Crippen LogP contribution is 2.60. The summed E-state index contributed by atoms with van der Waals surface area (Å²) >= 11 is 0. The van der Waals surface area contributed by atoms with Crippen molar-refractivity contribution in [3.05, 3.63) is 59.7 Å². The average Bonchev–Trinajstić information content (AvgIpc) is 3.33. The van der Waals surface area contributed by atoms with Crippen molar-refractivity contribution in [1.29, 1.82) is 0 Å². The predicted molar refractivity (Wildman–Crippen MR) is 173 cm³/mol. The second-order valence-electron chi connectivity index (χ2n) is 13.8. The van der Waals surface area contributed by atoms with E-state index in [1.165, 1.54) is 0 Å². The van der Waals surface area contributed by atoms with E-state index in [0.29, 0.717) is 23.1 Å². The molecule has 4 fully saturated rings. The Balaban J connectivity index is 1.41. The SMILES string of the molecule is C=C1[C@@H](NC(=O)C[C@@H]2[C@@H]([C@H](C)O)[C@H](CO)ON2Cc2cccc(-c3cc(C(N)=O)cc(N(C)C)c3)c2OC)CC2C[C@@H]1C2(C)C. The molecule has 2 amide bonds. The van der Waals surface area contributed by atoms with E-state index in [2.05, 4.69) is 25.7 Å². The number of nitrogens with zero attached hydrogens (tertiary/aromatic N) is 2. The summed E-state index contributed by atoms with van der Waals surface area (Å²) in [6, 6.07) is 10.6. The van der Waals surface area contributed by atoms with Gasteiger partial charge in [0.1, 0.15) is 11.9 Å². The lowest BCUT2D eigenvalue weighted by atomic mass is 9.46. The smallest absolute Gasteiger partial charge is 0.248 e. The Kier molecular flexibility index (Phi) is 9.33. The molecule has 2 aromatic rings. The molecular formula is C35H48N4O6. The summed E-state index contributed by atoms with van der Waals surface area (Å²) < 4.78 is 5.93. The van der Waals surface area contributed by atoms with Crippen LogP contribution < -0.4 is 20.7 Å². The molecule has 0 spiro atoms. The fourth-order valence-electron chi connectivity index (χ4n) is 7.77. The van der Waals surface area contributed by atoms with Gasteiger partial charge in [-0.3, -0.25) is 14.4 Å². The van der Waals surface area contributed by atoms with Gasteiger partial charge in [-0.05, 0) is 60.8 Å². The van der Waals surface area contributed by atoms with Crippen LogP contribution in [0.5, 0.6) is 5.75 Å². The highest BCUT2D eigenvalue weighted by atomic mass is 16.7. The molecule has 3 saturated carbocycles. The summed E-state index contributed by atoms with van der Waals surface area (Å²) in [5.74, 6) is 0.394. The third-order valence-corrected chi connectivity index (χ3v) is 10.5. The van der Waals surface area contributed by atoms with E-state index in [1.807, 2.05) is 43.3 Å². The molecule has 2 aromatic carbocycles. The Bertz CT molecular complexity index is 1460. The number of para-hydroxylation sites is 1. The van der Waals surface area contributed by atoms with Gasteiger partial charge in [0.15, 0.2) is 0 Å². The fraction of sp³-hybridized carbons (Fsp3) is 0.543. The maximum absolute atomic E-state index is 13.5. The summed E-state index contributed by atoms with van der Waals surface area (Å²) in [7, 11) is 5.37. The molecule has 5 N–H and O–H groups in total. The Hall–Kier alpha value is -3.44. The molecule has 2 bridgehead atoms. The van der Waals surface area contributed by atoms with Gasteiger partial charge in [-0.25, -0.2) is 0 Å². The number of amides is 2. The van der Waals surface area contributed by atoms with E-state index in [0.717, 1.165) is 40.8 Å². The number of carbonyl (C=O) groups is 2. The van der Waals surface area contributed by atoms with Crippen molar-refractivity contribution >= 4 is 17.5 Å². The Morgan fingerprint density at radius 2 is 1.98 bits per heavy atom. The first-order chi connectivity index (χ1) is 21.3. The minimum atomic E-state index is -0.822. The molecule has 1 aliphatic heterocycles. The number of methoxy groups -OCH3 is 1. The van der Waals surface area contributed by atoms with Gasteiger partial charge in [0, 0.05) is 48.8 Å². The van der Waals surface area contributed by atoms with Crippen molar-refractivity contribution in [2.24, 2.45) is 28.9 Å². The first-order valence-corrected chi connectivity index (χ1v) is 15.8. The van der Waals surface area contributed by atoms with Crippen molar-refractivity contribution < 1.29 is 29.4 Å². The number of hydroxylamine groups is 2. The van der Waals surface area contributed by atoms with Gasteiger partial charge in [-0.1, -0.05) is 44.2 Å². The molecule has 10 nitrogen and oxygen atoms in total.